The third-order valence-electron chi connectivity index (χ3n) is 4.10. The van der Waals surface area contributed by atoms with Gasteiger partial charge < -0.3 is 20.0 Å². The number of anilines is 1. The predicted molar refractivity (Wildman–Crippen MR) is 112 cm³/mol. The first-order chi connectivity index (χ1) is 13.8. The summed E-state index contributed by atoms with van der Waals surface area (Å²) in [6.07, 6.45) is 2.44. The molecule has 2 rings (SSSR count). The van der Waals surface area contributed by atoms with Gasteiger partial charge in [0.1, 0.15) is 6.54 Å². The number of aromatic nitrogens is 1. The maximum atomic E-state index is 12.6. The fourth-order valence-electron chi connectivity index (χ4n) is 2.59. The number of furan rings is 1. The number of carbonyl (C=O) groups excluding carboxylic acids is 3. The fourth-order valence-corrected chi connectivity index (χ4v) is 3.31. The standard InChI is InChI=1S/C20H28N4O4S/c1-5-14(4)21-17(25)9-15-12-29-20(22-15)23-18(26)11-24(10-13(2)3)19(27)16-7-6-8-28-16/h6-8,12-14H,5,9-11H2,1-4H3,(H,21,25)(H,22,23,26)/t14-/m0/s1. The van der Waals surface area contributed by atoms with Gasteiger partial charge in [0.15, 0.2) is 10.9 Å². The predicted octanol–water partition coefficient (Wildman–Crippen LogP) is 2.93. The normalized spacial score (nSPS) is 11.9. The summed E-state index contributed by atoms with van der Waals surface area (Å²) in [5.74, 6) is -0.398. The number of hydrogen-bond donors (Lipinski definition) is 2. The molecular formula is C20H28N4O4S. The molecule has 0 unspecified atom stereocenters. The minimum absolute atomic E-state index is 0.102. The van der Waals surface area contributed by atoms with Crippen LogP contribution < -0.4 is 10.6 Å². The molecule has 158 valence electrons. The van der Waals surface area contributed by atoms with Crippen LogP contribution in [0.3, 0.4) is 0 Å². The Morgan fingerprint density at radius 1 is 1.24 bits per heavy atom. The van der Waals surface area contributed by atoms with E-state index in [0.717, 1.165) is 6.42 Å². The Morgan fingerprint density at radius 3 is 2.62 bits per heavy atom. The van der Waals surface area contributed by atoms with E-state index in [1.165, 1.54) is 22.5 Å². The average Bonchev–Trinajstić information content (AvgIpc) is 3.32. The van der Waals surface area contributed by atoms with Crippen LogP contribution in [0.2, 0.25) is 0 Å². The van der Waals surface area contributed by atoms with E-state index in [-0.39, 0.29) is 48.4 Å². The van der Waals surface area contributed by atoms with E-state index in [1.807, 2.05) is 27.7 Å². The van der Waals surface area contributed by atoms with Gasteiger partial charge in [-0.05, 0) is 31.4 Å². The topological polar surface area (TPSA) is 105 Å². The zero-order chi connectivity index (χ0) is 21.4. The number of hydrogen-bond acceptors (Lipinski definition) is 6. The molecular weight excluding hydrogens is 392 g/mol. The second-order valence-electron chi connectivity index (χ2n) is 7.30. The Hall–Kier alpha value is -2.68. The summed E-state index contributed by atoms with van der Waals surface area (Å²) >= 11 is 1.25. The molecule has 0 aliphatic heterocycles. The summed E-state index contributed by atoms with van der Waals surface area (Å²) < 4.78 is 5.16. The van der Waals surface area contributed by atoms with Crippen LogP contribution >= 0.6 is 11.3 Å². The van der Waals surface area contributed by atoms with Crippen LogP contribution in [0.25, 0.3) is 0 Å². The smallest absolute Gasteiger partial charge is 0.290 e. The van der Waals surface area contributed by atoms with Crippen molar-refractivity contribution in [2.24, 2.45) is 5.92 Å². The molecule has 0 saturated heterocycles. The van der Waals surface area contributed by atoms with Crippen molar-refractivity contribution in [1.82, 2.24) is 15.2 Å². The van der Waals surface area contributed by atoms with Crippen LogP contribution in [0.4, 0.5) is 5.13 Å². The number of thiazole rings is 1. The summed E-state index contributed by atoms with van der Waals surface area (Å²) in [4.78, 5) is 42.7. The second kappa shape index (κ2) is 10.8. The quantitative estimate of drug-likeness (QED) is 0.615. The van der Waals surface area contributed by atoms with Crippen molar-refractivity contribution < 1.29 is 18.8 Å². The molecule has 0 saturated carbocycles. The minimum Gasteiger partial charge on any atom is -0.459 e. The van der Waals surface area contributed by atoms with E-state index in [1.54, 1.807) is 17.5 Å². The number of amides is 3. The third-order valence-corrected chi connectivity index (χ3v) is 4.91. The first-order valence-corrected chi connectivity index (χ1v) is 10.5. The van der Waals surface area contributed by atoms with Gasteiger partial charge in [0.05, 0.1) is 18.4 Å². The Labute approximate surface area is 174 Å². The summed E-state index contributed by atoms with van der Waals surface area (Å²) in [6.45, 7) is 8.20. The molecule has 0 fully saturated rings. The molecule has 0 aromatic carbocycles. The van der Waals surface area contributed by atoms with Crippen LogP contribution in [-0.4, -0.2) is 46.7 Å². The maximum absolute atomic E-state index is 12.6. The molecule has 0 radical (unpaired) electrons. The number of nitrogens with zero attached hydrogens (tertiary/aromatic N) is 2. The van der Waals surface area contributed by atoms with E-state index in [0.29, 0.717) is 17.4 Å². The molecule has 8 nitrogen and oxygen atoms in total. The summed E-state index contributed by atoms with van der Waals surface area (Å²) in [5.41, 5.74) is 0.594. The average molecular weight is 421 g/mol. The van der Waals surface area contributed by atoms with Gasteiger partial charge in [-0.2, -0.15) is 0 Å². The first kappa shape index (κ1) is 22.6. The van der Waals surface area contributed by atoms with Crippen LogP contribution in [0.1, 0.15) is 50.4 Å². The molecule has 1 atom stereocenters. The van der Waals surface area contributed by atoms with E-state index in [2.05, 4.69) is 15.6 Å². The van der Waals surface area contributed by atoms with Gasteiger partial charge in [-0.3, -0.25) is 14.4 Å². The lowest BCUT2D eigenvalue weighted by molar-refractivity contribution is -0.121. The molecule has 0 aliphatic rings. The SMILES string of the molecule is CC[C@H](C)NC(=O)Cc1csc(NC(=O)CN(CC(C)C)C(=O)c2ccco2)n1. The molecule has 0 bridgehead atoms. The maximum Gasteiger partial charge on any atom is 0.290 e. The van der Waals surface area contributed by atoms with Gasteiger partial charge >= 0.3 is 0 Å². The van der Waals surface area contributed by atoms with Gasteiger partial charge in [-0.15, -0.1) is 11.3 Å². The number of nitrogens with one attached hydrogen (secondary N) is 2. The number of carbonyl (C=O) groups is 3. The first-order valence-electron chi connectivity index (χ1n) is 9.64. The third kappa shape index (κ3) is 7.34. The summed E-state index contributed by atoms with van der Waals surface area (Å²) in [7, 11) is 0. The molecule has 29 heavy (non-hydrogen) atoms. The van der Waals surface area contributed by atoms with Crippen molar-refractivity contribution in [3.05, 3.63) is 35.2 Å². The van der Waals surface area contributed by atoms with E-state index < -0.39 is 0 Å². The Kier molecular flexibility index (Phi) is 8.38. The molecule has 9 heteroatoms. The zero-order valence-corrected chi connectivity index (χ0v) is 18.0. The van der Waals surface area contributed by atoms with Crippen molar-refractivity contribution in [3.8, 4) is 0 Å². The highest BCUT2D eigenvalue weighted by Gasteiger charge is 2.22. The van der Waals surface area contributed by atoms with Crippen molar-refractivity contribution in [2.45, 2.75) is 46.6 Å². The van der Waals surface area contributed by atoms with Gasteiger partial charge in [-0.1, -0.05) is 20.8 Å². The van der Waals surface area contributed by atoms with Gasteiger partial charge in [-0.25, -0.2) is 4.98 Å². The largest absolute Gasteiger partial charge is 0.459 e. The Balaban J connectivity index is 1.93. The molecule has 3 amide bonds. The van der Waals surface area contributed by atoms with Gasteiger partial charge in [0.25, 0.3) is 5.91 Å². The lowest BCUT2D eigenvalue weighted by Crippen LogP contribution is -2.40. The van der Waals surface area contributed by atoms with E-state index >= 15 is 0 Å². The highest BCUT2D eigenvalue weighted by Crippen LogP contribution is 2.16. The second-order valence-corrected chi connectivity index (χ2v) is 8.16. The van der Waals surface area contributed by atoms with E-state index in [4.69, 9.17) is 4.42 Å². The zero-order valence-electron chi connectivity index (χ0n) is 17.2. The highest BCUT2D eigenvalue weighted by molar-refractivity contribution is 7.13. The van der Waals surface area contributed by atoms with Crippen molar-refractivity contribution >= 4 is 34.2 Å². The number of rotatable bonds is 10. The van der Waals surface area contributed by atoms with Crippen LogP contribution in [0, 0.1) is 5.92 Å². The molecule has 2 aromatic rings. The summed E-state index contributed by atoms with van der Waals surface area (Å²) in [6, 6.07) is 3.32. The van der Waals surface area contributed by atoms with Crippen molar-refractivity contribution in [1.29, 1.82) is 0 Å². The molecule has 0 spiro atoms. The Morgan fingerprint density at radius 2 is 2.00 bits per heavy atom. The highest BCUT2D eigenvalue weighted by atomic mass is 32.1. The molecule has 2 aromatic heterocycles. The van der Waals surface area contributed by atoms with Gasteiger partial charge in [0, 0.05) is 18.0 Å². The van der Waals surface area contributed by atoms with Crippen molar-refractivity contribution in [2.75, 3.05) is 18.4 Å². The molecule has 2 N–H and O–H groups in total. The van der Waals surface area contributed by atoms with Crippen LogP contribution in [0.15, 0.2) is 28.2 Å². The lowest BCUT2D eigenvalue weighted by Gasteiger charge is -2.22. The van der Waals surface area contributed by atoms with Crippen LogP contribution in [-0.2, 0) is 16.0 Å². The summed E-state index contributed by atoms with van der Waals surface area (Å²) in [5, 5.41) is 7.73. The Bertz CT molecular complexity index is 816. The molecule has 0 aliphatic carbocycles. The van der Waals surface area contributed by atoms with Crippen molar-refractivity contribution in [3.63, 3.8) is 0 Å². The van der Waals surface area contributed by atoms with E-state index in [9.17, 15) is 14.4 Å². The minimum atomic E-state index is -0.351. The van der Waals surface area contributed by atoms with Gasteiger partial charge in [0.2, 0.25) is 11.8 Å². The molecule has 2 heterocycles. The monoisotopic (exact) mass is 420 g/mol. The lowest BCUT2D eigenvalue weighted by atomic mass is 10.2. The fraction of sp³-hybridized carbons (Fsp3) is 0.500. The van der Waals surface area contributed by atoms with Crippen LogP contribution in [0.5, 0.6) is 0 Å².